The molecule has 1 aliphatic rings. The maximum atomic E-state index is 12.5. The number of carbonyl (C=O) groups is 2. The van der Waals surface area contributed by atoms with E-state index in [-0.39, 0.29) is 23.9 Å². The standard InChI is InChI=1S/C21H26N4O3/c1-3-28-19-9-7-15(8-10-19)20(26)24-17-5-4-6-18(11-17)25-21(27)16-12-22-14(2)23-13-16/h7-10,12-13,17-18H,3-6,11H2,1-2H3,(H,24,26)(H,25,27)/t17-,18-/m1/s1. The molecule has 0 aliphatic heterocycles. The quantitative estimate of drug-likeness (QED) is 0.801. The van der Waals surface area contributed by atoms with Crippen molar-refractivity contribution in [3.63, 3.8) is 0 Å². The van der Waals surface area contributed by atoms with Gasteiger partial charge < -0.3 is 15.4 Å². The van der Waals surface area contributed by atoms with E-state index in [4.69, 9.17) is 4.74 Å². The van der Waals surface area contributed by atoms with E-state index in [1.807, 2.05) is 6.92 Å². The maximum absolute atomic E-state index is 12.5. The highest BCUT2D eigenvalue weighted by molar-refractivity contribution is 5.95. The summed E-state index contributed by atoms with van der Waals surface area (Å²) in [7, 11) is 0. The number of rotatable bonds is 6. The van der Waals surface area contributed by atoms with Crippen LogP contribution in [0.2, 0.25) is 0 Å². The fourth-order valence-corrected chi connectivity index (χ4v) is 3.37. The van der Waals surface area contributed by atoms with E-state index in [0.29, 0.717) is 30.0 Å². The first kappa shape index (κ1) is 19.8. The van der Waals surface area contributed by atoms with Crippen molar-refractivity contribution < 1.29 is 14.3 Å². The van der Waals surface area contributed by atoms with Gasteiger partial charge in [-0.2, -0.15) is 0 Å². The molecule has 3 rings (SSSR count). The van der Waals surface area contributed by atoms with Crippen molar-refractivity contribution in [1.82, 2.24) is 20.6 Å². The first-order chi connectivity index (χ1) is 13.5. The van der Waals surface area contributed by atoms with E-state index in [1.165, 1.54) is 12.4 Å². The monoisotopic (exact) mass is 382 g/mol. The summed E-state index contributed by atoms with van der Waals surface area (Å²) in [6.07, 6.45) is 6.53. The summed E-state index contributed by atoms with van der Waals surface area (Å²) >= 11 is 0. The number of benzene rings is 1. The van der Waals surface area contributed by atoms with Crippen LogP contribution in [-0.2, 0) is 0 Å². The van der Waals surface area contributed by atoms with Gasteiger partial charge in [0.05, 0.1) is 12.2 Å². The summed E-state index contributed by atoms with van der Waals surface area (Å²) in [4.78, 5) is 33.0. The number of ether oxygens (including phenoxy) is 1. The molecule has 1 heterocycles. The van der Waals surface area contributed by atoms with Gasteiger partial charge >= 0.3 is 0 Å². The van der Waals surface area contributed by atoms with E-state index < -0.39 is 0 Å². The fraction of sp³-hybridized carbons (Fsp3) is 0.429. The maximum Gasteiger partial charge on any atom is 0.254 e. The van der Waals surface area contributed by atoms with E-state index in [0.717, 1.165) is 25.0 Å². The van der Waals surface area contributed by atoms with Crippen molar-refractivity contribution in [1.29, 1.82) is 0 Å². The van der Waals surface area contributed by atoms with Crippen LogP contribution in [0.5, 0.6) is 5.75 Å². The molecular formula is C21H26N4O3. The van der Waals surface area contributed by atoms with Gasteiger partial charge in [-0.15, -0.1) is 0 Å². The summed E-state index contributed by atoms with van der Waals surface area (Å²) in [5, 5.41) is 6.11. The molecule has 1 aromatic carbocycles. The Bertz CT molecular complexity index is 805. The van der Waals surface area contributed by atoms with Crippen molar-refractivity contribution in [3.05, 3.63) is 53.6 Å². The lowest BCUT2D eigenvalue weighted by molar-refractivity contribution is 0.0902. The van der Waals surface area contributed by atoms with Crippen LogP contribution in [0.3, 0.4) is 0 Å². The largest absolute Gasteiger partial charge is 0.494 e. The SMILES string of the molecule is CCOc1ccc(C(=O)N[C@@H]2CCC[C@@H](NC(=O)c3cnc(C)nc3)C2)cc1. The third kappa shape index (κ3) is 5.28. The fourth-order valence-electron chi connectivity index (χ4n) is 3.37. The number of amides is 2. The first-order valence-corrected chi connectivity index (χ1v) is 9.68. The average Bonchev–Trinajstić information content (AvgIpc) is 2.69. The van der Waals surface area contributed by atoms with Gasteiger partial charge in [-0.25, -0.2) is 9.97 Å². The van der Waals surface area contributed by atoms with Crippen LogP contribution < -0.4 is 15.4 Å². The molecule has 2 aromatic rings. The number of carbonyl (C=O) groups excluding carboxylic acids is 2. The van der Waals surface area contributed by atoms with E-state index in [1.54, 1.807) is 31.2 Å². The molecule has 0 bridgehead atoms. The number of nitrogens with one attached hydrogen (secondary N) is 2. The van der Waals surface area contributed by atoms with Crippen LogP contribution in [0.4, 0.5) is 0 Å². The molecule has 0 saturated heterocycles. The molecule has 7 nitrogen and oxygen atoms in total. The minimum absolute atomic E-state index is 0.0215. The van der Waals surface area contributed by atoms with Gasteiger partial charge in [0.1, 0.15) is 11.6 Å². The lowest BCUT2D eigenvalue weighted by Gasteiger charge is -2.30. The Morgan fingerprint density at radius 1 is 1.00 bits per heavy atom. The Morgan fingerprint density at radius 2 is 1.57 bits per heavy atom. The van der Waals surface area contributed by atoms with Crippen LogP contribution in [0.15, 0.2) is 36.7 Å². The van der Waals surface area contributed by atoms with Crippen LogP contribution in [0.1, 0.15) is 59.1 Å². The minimum Gasteiger partial charge on any atom is -0.494 e. The molecule has 0 unspecified atom stereocenters. The van der Waals surface area contributed by atoms with Crippen LogP contribution in [0, 0.1) is 6.92 Å². The zero-order valence-corrected chi connectivity index (χ0v) is 16.3. The van der Waals surface area contributed by atoms with Gasteiger partial charge in [-0.3, -0.25) is 9.59 Å². The summed E-state index contributed by atoms with van der Waals surface area (Å²) in [5.74, 6) is 1.10. The predicted octanol–water partition coefficient (Wildman–Crippen LogP) is 2.65. The smallest absolute Gasteiger partial charge is 0.254 e. The average molecular weight is 382 g/mol. The van der Waals surface area contributed by atoms with Gasteiger partial charge in [0.2, 0.25) is 0 Å². The summed E-state index contributed by atoms with van der Waals surface area (Å²) in [6.45, 7) is 4.29. The molecular weight excluding hydrogens is 356 g/mol. The molecule has 1 aromatic heterocycles. The Hall–Kier alpha value is -2.96. The third-order valence-electron chi connectivity index (χ3n) is 4.82. The van der Waals surface area contributed by atoms with Gasteiger partial charge in [0.25, 0.3) is 11.8 Å². The second kappa shape index (κ2) is 9.30. The third-order valence-corrected chi connectivity index (χ3v) is 4.82. The van der Waals surface area contributed by atoms with Crippen molar-refractivity contribution in [2.45, 2.75) is 51.6 Å². The highest BCUT2D eigenvalue weighted by Gasteiger charge is 2.25. The number of nitrogens with zero attached hydrogens (tertiary/aromatic N) is 2. The summed E-state index contributed by atoms with van der Waals surface area (Å²) in [5.41, 5.74) is 1.05. The number of hydrogen-bond acceptors (Lipinski definition) is 5. The normalized spacial score (nSPS) is 18.9. The molecule has 1 fully saturated rings. The minimum atomic E-state index is -0.177. The molecule has 1 saturated carbocycles. The van der Waals surface area contributed by atoms with E-state index in [2.05, 4.69) is 20.6 Å². The van der Waals surface area contributed by atoms with Crippen LogP contribution in [-0.4, -0.2) is 40.5 Å². The molecule has 0 radical (unpaired) electrons. The van der Waals surface area contributed by atoms with Crippen LogP contribution in [0.25, 0.3) is 0 Å². The van der Waals surface area contributed by atoms with Gasteiger partial charge in [0, 0.05) is 30.0 Å². The topological polar surface area (TPSA) is 93.2 Å². The lowest BCUT2D eigenvalue weighted by atomic mass is 9.90. The van der Waals surface area contributed by atoms with Gasteiger partial charge in [-0.1, -0.05) is 0 Å². The Kier molecular flexibility index (Phi) is 6.57. The van der Waals surface area contributed by atoms with Gasteiger partial charge in [-0.05, 0) is 63.8 Å². The Balaban J connectivity index is 1.53. The Morgan fingerprint density at radius 3 is 2.14 bits per heavy atom. The zero-order chi connectivity index (χ0) is 19.9. The zero-order valence-electron chi connectivity index (χ0n) is 16.3. The lowest BCUT2D eigenvalue weighted by Crippen LogP contribution is -2.45. The van der Waals surface area contributed by atoms with Crippen molar-refractivity contribution in [2.75, 3.05) is 6.61 Å². The highest BCUT2D eigenvalue weighted by Crippen LogP contribution is 2.20. The molecule has 2 amide bonds. The van der Waals surface area contributed by atoms with Crippen LogP contribution >= 0.6 is 0 Å². The van der Waals surface area contributed by atoms with Gasteiger partial charge in [0.15, 0.2) is 0 Å². The number of aryl methyl sites for hydroxylation is 1. The molecule has 28 heavy (non-hydrogen) atoms. The van der Waals surface area contributed by atoms with Crippen molar-refractivity contribution in [3.8, 4) is 5.75 Å². The molecule has 7 heteroatoms. The predicted molar refractivity (Wildman–Crippen MR) is 105 cm³/mol. The van der Waals surface area contributed by atoms with E-state index >= 15 is 0 Å². The first-order valence-electron chi connectivity index (χ1n) is 9.68. The highest BCUT2D eigenvalue weighted by atomic mass is 16.5. The molecule has 2 N–H and O–H groups in total. The van der Waals surface area contributed by atoms with E-state index in [9.17, 15) is 9.59 Å². The molecule has 2 atom stereocenters. The Labute approximate surface area is 164 Å². The molecule has 1 aliphatic carbocycles. The van der Waals surface area contributed by atoms with Crippen molar-refractivity contribution >= 4 is 11.8 Å². The summed E-state index contributed by atoms with van der Waals surface area (Å²) in [6, 6.07) is 7.18. The second-order valence-corrected chi connectivity index (χ2v) is 6.98. The molecule has 0 spiro atoms. The second-order valence-electron chi connectivity index (χ2n) is 6.98. The summed E-state index contributed by atoms with van der Waals surface area (Å²) < 4.78 is 5.40. The number of aromatic nitrogens is 2. The molecule has 148 valence electrons. The van der Waals surface area contributed by atoms with Crippen molar-refractivity contribution in [2.24, 2.45) is 0 Å². The number of hydrogen-bond donors (Lipinski definition) is 2.